The molecule has 0 saturated carbocycles. The van der Waals surface area contributed by atoms with Gasteiger partial charge in [0.15, 0.2) is 0 Å². The molecule has 1 rings (SSSR count). The first-order valence-corrected chi connectivity index (χ1v) is 6.27. The van der Waals surface area contributed by atoms with Gasteiger partial charge in [-0.1, -0.05) is 20.3 Å². The zero-order valence-corrected chi connectivity index (χ0v) is 11.7. The third kappa shape index (κ3) is 2.47. The second-order valence-electron chi connectivity index (χ2n) is 4.93. The fourth-order valence-corrected chi connectivity index (χ4v) is 2.32. The standard InChI is InChI=1S/C14H21NO3/c1-6-8(2)10(4)15-11(5)13(14(17)18)9(3)7-12(15)16/h7-8,10H,6H2,1-5H3,(H,17,18). The highest BCUT2D eigenvalue weighted by atomic mass is 16.4. The maximum atomic E-state index is 12.1. The highest BCUT2D eigenvalue weighted by Gasteiger charge is 2.21. The first-order chi connectivity index (χ1) is 8.31. The van der Waals surface area contributed by atoms with E-state index in [1.165, 1.54) is 6.07 Å². The van der Waals surface area contributed by atoms with Crippen molar-refractivity contribution in [3.05, 3.63) is 33.2 Å². The van der Waals surface area contributed by atoms with E-state index in [1.807, 2.05) is 6.92 Å². The van der Waals surface area contributed by atoms with E-state index in [1.54, 1.807) is 18.4 Å². The minimum Gasteiger partial charge on any atom is -0.478 e. The maximum Gasteiger partial charge on any atom is 0.337 e. The van der Waals surface area contributed by atoms with Crippen molar-refractivity contribution in [3.63, 3.8) is 0 Å². The van der Waals surface area contributed by atoms with E-state index in [9.17, 15) is 14.7 Å². The minimum atomic E-state index is -0.977. The lowest BCUT2D eigenvalue weighted by Gasteiger charge is -2.24. The average Bonchev–Trinajstić information content (AvgIpc) is 2.26. The number of carboxylic acids is 1. The molecular weight excluding hydrogens is 230 g/mol. The van der Waals surface area contributed by atoms with Gasteiger partial charge in [-0.2, -0.15) is 0 Å². The third-order valence-corrected chi connectivity index (χ3v) is 3.78. The molecule has 4 nitrogen and oxygen atoms in total. The average molecular weight is 251 g/mol. The van der Waals surface area contributed by atoms with Crippen molar-refractivity contribution < 1.29 is 9.90 Å². The zero-order valence-electron chi connectivity index (χ0n) is 11.7. The molecule has 0 spiro atoms. The number of hydrogen-bond donors (Lipinski definition) is 1. The second kappa shape index (κ2) is 5.38. The minimum absolute atomic E-state index is 0.00111. The van der Waals surface area contributed by atoms with Gasteiger partial charge in [0.05, 0.1) is 5.56 Å². The van der Waals surface area contributed by atoms with E-state index >= 15 is 0 Å². The van der Waals surface area contributed by atoms with Crippen LogP contribution < -0.4 is 5.56 Å². The van der Waals surface area contributed by atoms with Crippen molar-refractivity contribution >= 4 is 5.97 Å². The molecule has 1 aromatic heterocycles. The number of aromatic carboxylic acids is 1. The van der Waals surface area contributed by atoms with Crippen molar-refractivity contribution in [1.82, 2.24) is 4.57 Å². The molecule has 0 amide bonds. The molecule has 4 heteroatoms. The van der Waals surface area contributed by atoms with Crippen LogP contribution in [0.1, 0.15) is 54.8 Å². The summed E-state index contributed by atoms with van der Waals surface area (Å²) in [6, 6.07) is 1.41. The van der Waals surface area contributed by atoms with E-state index in [0.29, 0.717) is 17.2 Å². The van der Waals surface area contributed by atoms with Crippen molar-refractivity contribution in [2.45, 2.75) is 47.1 Å². The summed E-state index contributed by atoms with van der Waals surface area (Å²) < 4.78 is 1.60. The Morgan fingerprint density at radius 3 is 2.39 bits per heavy atom. The number of aryl methyl sites for hydroxylation is 1. The fourth-order valence-electron chi connectivity index (χ4n) is 2.32. The summed E-state index contributed by atoms with van der Waals surface area (Å²) in [6.07, 6.45) is 0.948. The Kier molecular flexibility index (Phi) is 4.33. The van der Waals surface area contributed by atoms with Gasteiger partial charge in [-0.3, -0.25) is 4.79 Å². The Morgan fingerprint density at radius 2 is 1.94 bits per heavy atom. The summed E-state index contributed by atoms with van der Waals surface area (Å²) in [6.45, 7) is 9.46. The van der Waals surface area contributed by atoms with Crippen LogP contribution >= 0.6 is 0 Å². The first-order valence-electron chi connectivity index (χ1n) is 6.27. The number of carbonyl (C=O) groups is 1. The summed E-state index contributed by atoms with van der Waals surface area (Å²) in [5.41, 5.74) is 1.19. The van der Waals surface area contributed by atoms with Crippen LogP contribution in [-0.4, -0.2) is 15.6 Å². The molecule has 0 aliphatic rings. The molecule has 0 radical (unpaired) electrons. The topological polar surface area (TPSA) is 59.3 Å². The van der Waals surface area contributed by atoms with Crippen molar-refractivity contribution in [2.75, 3.05) is 0 Å². The summed E-state index contributed by atoms with van der Waals surface area (Å²) in [5, 5.41) is 9.22. The van der Waals surface area contributed by atoms with E-state index in [4.69, 9.17) is 0 Å². The van der Waals surface area contributed by atoms with Crippen LogP contribution in [0.4, 0.5) is 0 Å². The van der Waals surface area contributed by atoms with Gasteiger partial charge < -0.3 is 9.67 Å². The molecule has 1 N–H and O–H groups in total. The van der Waals surface area contributed by atoms with E-state index in [0.717, 1.165) is 6.42 Å². The Bertz CT molecular complexity index is 517. The summed E-state index contributed by atoms with van der Waals surface area (Å²) in [5.74, 6) is -0.652. The molecule has 18 heavy (non-hydrogen) atoms. The van der Waals surface area contributed by atoms with E-state index in [-0.39, 0.29) is 17.2 Å². The van der Waals surface area contributed by atoms with Gasteiger partial charge in [-0.15, -0.1) is 0 Å². The van der Waals surface area contributed by atoms with Gasteiger partial charge in [-0.05, 0) is 32.3 Å². The van der Waals surface area contributed by atoms with Gasteiger partial charge in [-0.25, -0.2) is 4.79 Å². The Morgan fingerprint density at radius 1 is 1.39 bits per heavy atom. The van der Waals surface area contributed by atoms with Crippen LogP contribution in [0.25, 0.3) is 0 Å². The molecule has 0 saturated heterocycles. The molecular formula is C14H21NO3. The SMILES string of the molecule is CCC(C)C(C)n1c(C)c(C(=O)O)c(C)cc1=O. The predicted molar refractivity (Wildman–Crippen MR) is 71.3 cm³/mol. The quantitative estimate of drug-likeness (QED) is 0.895. The second-order valence-corrected chi connectivity index (χ2v) is 4.93. The molecule has 1 heterocycles. The molecule has 0 aliphatic carbocycles. The summed E-state index contributed by atoms with van der Waals surface area (Å²) in [4.78, 5) is 23.3. The van der Waals surface area contributed by atoms with Crippen LogP contribution in [0.5, 0.6) is 0 Å². The molecule has 0 aromatic carbocycles. The van der Waals surface area contributed by atoms with Gasteiger partial charge >= 0.3 is 5.97 Å². The zero-order chi connectivity index (χ0) is 14.0. The lowest BCUT2D eigenvalue weighted by atomic mass is 9.98. The maximum absolute atomic E-state index is 12.1. The summed E-state index contributed by atoms with van der Waals surface area (Å²) in [7, 11) is 0. The predicted octanol–water partition coefficient (Wildman–Crippen LogP) is 2.77. The number of hydrogen-bond acceptors (Lipinski definition) is 2. The van der Waals surface area contributed by atoms with Crippen molar-refractivity contribution in [3.8, 4) is 0 Å². The van der Waals surface area contributed by atoms with Crippen molar-refractivity contribution in [1.29, 1.82) is 0 Å². The monoisotopic (exact) mass is 251 g/mol. The Labute approximate surface area is 107 Å². The Balaban J connectivity index is 3.50. The molecule has 0 bridgehead atoms. The normalized spacial score (nSPS) is 14.3. The first kappa shape index (κ1) is 14.5. The lowest BCUT2D eigenvalue weighted by Crippen LogP contribution is -2.30. The number of nitrogens with zero attached hydrogens (tertiary/aromatic N) is 1. The van der Waals surface area contributed by atoms with Crippen LogP contribution in [0, 0.1) is 19.8 Å². The van der Waals surface area contributed by atoms with Crippen LogP contribution in [0.3, 0.4) is 0 Å². The van der Waals surface area contributed by atoms with Crippen molar-refractivity contribution in [2.24, 2.45) is 5.92 Å². The molecule has 100 valence electrons. The van der Waals surface area contributed by atoms with Gasteiger partial charge in [0, 0.05) is 17.8 Å². The summed E-state index contributed by atoms with van der Waals surface area (Å²) >= 11 is 0. The number of carboxylic acid groups (broad SMARTS) is 1. The van der Waals surface area contributed by atoms with E-state index in [2.05, 4.69) is 13.8 Å². The molecule has 0 fully saturated rings. The number of aromatic nitrogens is 1. The van der Waals surface area contributed by atoms with E-state index < -0.39 is 5.97 Å². The number of pyridine rings is 1. The largest absolute Gasteiger partial charge is 0.478 e. The highest BCUT2D eigenvalue weighted by molar-refractivity contribution is 5.90. The Hall–Kier alpha value is -1.58. The van der Waals surface area contributed by atoms with Crippen LogP contribution in [-0.2, 0) is 0 Å². The molecule has 1 aromatic rings. The smallest absolute Gasteiger partial charge is 0.337 e. The molecule has 0 aliphatic heterocycles. The van der Waals surface area contributed by atoms with Crippen LogP contribution in [0.15, 0.2) is 10.9 Å². The van der Waals surface area contributed by atoms with Gasteiger partial charge in [0.25, 0.3) is 5.56 Å². The third-order valence-electron chi connectivity index (χ3n) is 3.78. The lowest BCUT2D eigenvalue weighted by molar-refractivity contribution is 0.0693. The molecule has 2 unspecified atom stereocenters. The van der Waals surface area contributed by atoms with Gasteiger partial charge in [0.2, 0.25) is 0 Å². The fraction of sp³-hybridized carbons (Fsp3) is 0.571. The van der Waals surface area contributed by atoms with Gasteiger partial charge in [0.1, 0.15) is 0 Å². The van der Waals surface area contributed by atoms with Crippen LogP contribution in [0.2, 0.25) is 0 Å². The number of rotatable bonds is 4. The highest BCUT2D eigenvalue weighted by Crippen LogP contribution is 2.22. The molecule has 2 atom stereocenters.